The lowest BCUT2D eigenvalue weighted by Gasteiger charge is -2.02. The summed E-state index contributed by atoms with van der Waals surface area (Å²) >= 11 is 0. The van der Waals surface area contributed by atoms with Gasteiger partial charge in [0.15, 0.2) is 12.4 Å². The SMILES string of the molecule is CCCOCc1noc(COc2ccc(N)cc2)n1. The van der Waals surface area contributed by atoms with Crippen molar-refractivity contribution in [2.24, 2.45) is 0 Å². The lowest BCUT2D eigenvalue weighted by molar-refractivity contribution is 0.114. The van der Waals surface area contributed by atoms with Crippen LogP contribution in [0.5, 0.6) is 5.75 Å². The van der Waals surface area contributed by atoms with Crippen molar-refractivity contribution in [3.05, 3.63) is 36.0 Å². The third-order valence-corrected chi connectivity index (χ3v) is 2.33. The summed E-state index contributed by atoms with van der Waals surface area (Å²) in [6.45, 7) is 3.32. The number of ether oxygens (including phenoxy) is 2. The van der Waals surface area contributed by atoms with Gasteiger partial charge in [0.25, 0.3) is 5.89 Å². The van der Waals surface area contributed by atoms with E-state index in [0.717, 1.165) is 6.42 Å². The van der Waals surface area contributed by atoms with Gasteiger partial charge >= 0.3 is 0 Å². The Bertz CT molecular complexity index is 496. The largest absolute Gasteiger partial charge is 0.484 e. The number of anilines is 1. The minimum Gasteiger partial charge on any atom is -0.484 e. The molecule has 2 N–H and O–H groups in total. The molecule has 6 heteroatoms. The second kappa shape index (κ2) is 6.75. The minimum absolute atomic E-state index is 0.227. The predicted molar refractivity (Wildman–Crippen MR) is 69.4 cm³/mol. The van der Waals surface area contributed by atoms with E-state index >= 15 is 0 Å². The molecule has 0 aliphatic carbocycles. The number of nitrogen functional groups attached to an aromatic ring is 1. The zero-order chi connectivity index (χ0) is 13.5. The number of nitrogens with zero attached hydrogens (tertiary/aromatic N) is 2. The fourth-order valence-electron chi connectivity index (χ4n) is 1.42. The van der Waals surface area contributed by atoms with Crippen LogP contribution in [0.25, 0.3) is 0 Å². The smallest absolute Gasteiger partial charge is 0.264 e. The molecular weight excluding hydrogens is 246 g/mol. The van der Waals surface area contributed by atoms with Crippen LogP contribution >= 0.6 is 0 Å². The van der Waals surface area contributed by atoms with Gasteiger partial charge < -0.3 is 19.7 Å². The molecule has 0 saturated carbocycles. The Kier molecular flexibility index (Phi) is 4.74. The fraction of sp³-hybridized carbons (Fsp3) is 0.385. The van der Waals surface area contributed by atoms with Crippen LogP contribution in [-0.2, 0) is 18.0 Å². The van der Waals surface area contributed by atoms with Crippen LogP contribution in [0.1, 0.15) is 25.1 Å². The second-order valence-electron chi connectivity index (χ2n) is 4.01. The summed E-state index contributed by atoms with van der Waals surface area (Å²) in [5.41, 5.74) is 6.28. The van der Waals surface area contributed by atoms with E-state index in [4.69, 9.17) is 19.7 Å². The minimum atomic E-state index is 0.227. The molecular formula is C13H17N3O3. The maximum Gasteiger partial charge on any atom is 0.264 e. The monoisotopic (exact) mass is 263 g/mol. The highest BCUT2D eigenvalue weighted by molar-refractivity contribution is 5.41. The summed E-state index contributed by atoms with van der Waals surface area (Å²) in [4.78, 5) is 4.16. The first kappa shape index (κ1) is 13.4. The lowest BCUT2D eigenvalue weighted by Crippen LogP contribution is -1.98. The van der Waals surface area contributed by atoms with Crippen LogP contribution in [0, 0.1) is 0 Å². The van der Waals surface area contributed by atoms with Gasteiger partial charge in [-0.3, -0.25) is 0 Å². The van der Waals surface area contributed by atoms with Gasteiger partial charge in [0, 0.05) is 12.3 Å². The fourth-order valence-corrected chi connectivity index (χ4v) is 1.42. The van der Waals surface area contributed by atoms with Crippen molar-refractivity contribution in [1.29, 1.82) is 0 Å². The molecule has 102 valence electrons. The van der Waals surface area contributed by atoms with E-state index in [0.29, 0.717) is 36.4 Å². The van der Waals surface area contributed by atoms with Crippen LogP contribution in [0.2, 0.25) is 0 Å². The van der Waals surface area contributed by atoms with Gasteiger partial charge in [0.2, 0.25) is 0 Å². The average Bonchev–Trinajstić information content (AvgIpc) is 2.86. The van der Waals surface area contributed by atoms with Gasteiger partial charge in [0.05, 0.1) is 0 Å². The highest BCUT2D eigenvalue weighted by Crippen LogP contribution is 2.14. The number of rotatable bonds is 7. The Morgan fingerprint density at radius 3 is 2.74 bits per heavy atom. The normalized spacial score (nSPS) is 10.6. The van der Waals surface area contributed by atoms with E-state index in [-0.39, 0.29) is 6.61 Å². The molecule has 0 bridgehead atoms. The Morgan fingerprint density at radius 1 is 1.21 bits per heavy atom. The quantitative estimate of drug-likeness (QED) is 0.608. The summed E-state index contributed by atoms with van der Waals surface area (Å²) < 4.78 is 15.9. The third-order valence-electron chi connectivity index (χ3n) is 2.33. The molecule has 0 aliphatic rings. The highest BCUT2D eigenvalue weighted by atomic mass is 16.5. The van der Waals surface area contributed by atoms with E-state index < -0.39 is 0 Å². The zero-order valence-corrected chi connectivity index (χ0v) is 10.8. The number of hydrogen-bond donors (Lipinski definition) is 1. The van der Waals surface area contributed by atoms with Gasteiger partial charge in [0.1, 0.15) is 12.4 Å². The lowest BCUT2D eigenvalue weighted by atomic mass is 10.3. The van der Waals surface area contributed by atoms with Crippen LogP contribution in [-0.4, -0.2) is 16.7 Å². The molecule has 0 spiro atoms. The van der Waals surface area contributed by atoms with Crippen LogP contribution in [0.15, 0.2) is 28.8 Å². The molecule has 6 nitrogen and oxygen atoms in total. The molecule has 0 radical (unpaired) electrons. The van der Waals surface area contributed by atoms with Gasteiger partial charge in [-0.25, -0.2) is 0 Å². The van der Waals surface area contributed by atoms with E-state index in [1.807, 2.05) is 6.92 Å². The van der Waals surface area contributed by atoms with Crippen LogP contribution in [0.3, 0.4) is 0 Å². The molecule has 1 aromatic heterocycles. The van der Waals surface area contributed by atoms with Gasteiger partial charge in [-0.05, 0) is 30.7 Å². The number of nitrogens with two attached hydrogens (primary N) is 1. The molecule has 19 heavy (non-hydrogen) atoms. The van der Waals surface area contributed by atoms with Gasteiger partial charge in [-0.2, -0.15) is 4.98 Å². The molecule has 2 aromatic rings. The van der Waals surface area contributed by atoms with Crippen LogP contribution in [0.4, 0.5) is 5.69 Å². The first-order valence-corrected chi connectivity index (χ1v) is 6.15. The summed E-state index contributed by atoms with van der Waals surface area (Å²) in [6.07, 6.45) is 0.963. The maximum atomic E-state index is 5.58. The summed E-state index contributed by atoms with van der Waals surface area (Å²) in [5, 5.41) is 3.80. The van der Waals surface area contributed by atoms with Crippen molar-refractivity contribution in [2.75, 3.05) is 12.3 Å². The van der Waals surface area contributed by atoms with Crippen molar-refractivity contribution < 1.29 is 14.0 Å². The van der Waals surface area contributed by atoms with Gasteiger partial charge in [-0.15, -0.1) is 0 Å². The van der Waals surface area contributed by atoms with E-state index in [1.165, 1.54) is 0 Å². The second-order valence-corrected chi connectivity index (χ2v) is 4.01. The van der Waals surface area contributed by atoms with E-state index in [2.05, 4.69) is 10.1 Å². The molecule has 0 fully saturated rings. The summed E-state index contributed by atoms with van der Waals surface area (Å²) in [5.74, 6) is 1.66. The van der Waals surface area contributed by atoms with E-state index in [9.17, 15) is 0 Å². The Morgan fingerprint density at radius 2 is 2.00 bits per heavy atom. The third kappa shape index (κ3) is 4.26. The van der Waals surface area contributed by atoms with Crippen molar-refractivity contribution >= 4 is 5.69 Å². The standard InChI is InChI=1S/C13H17N3O3/c1-2-7-17-8-12-15-13(19-16-12)9-18-11-5-3-10(14)4-6-11/h3-6H,2,7-9,14H2,1H3. The van der Waals surface area contributed by atoms with Crippen molar-refractivity contribution in [2.45, 2.75) is 26.6 Å². The topological polar surface area (TPSA) is 83.4 Å². The molecule has 0 saturated heterocycles. The zero-order valence-electron chi connectivity index (χ0n) is 10.8. The highest BCUT2D eigenvalue weighted by Gasteiger charge is 2.07. The average molecular weight is 263 g/mol. The molecule has 0 amide bonds. The molecule has 1 heterocycles. The van der Waals surface area contributed by atoms with Crippen molar-refractivity contribution in [3.8, 4) is 5.75 Å². The summed E-state index contributed by atoms with van der Waals surface area (Å²) in [6, 6.07) is 7.12. The first-order valence-electron chi connectivity index (χ1n) is 6.15. The van der Waals surface area contributed by atoms with Crippen molar-refractivity contribution in [1.82, 2.24) is 10.1 Å². The van der Waals surface area contributed by atoms with E-state index in [1.54, 1.807) is 24.3 Å². The summed E-state index contributed by atoms with van der Waals surface area (Å²) in [7, 11) is 0. The van der Waals surface area contributed by atoms with Crippen LogP contribution < -0.4 is 10.5 Å². The molecule has 0 aliphatic heterocycles. The molecule has 0 atom stereocenters. The number of benzene rings is 1. The Labute approximate surface area is 111 Å². The Hall–Kier alpha value is -2.08. The predicted octanol–water partition coefficient (Wildman–Crippen LogP) is 2.16. The molecule has 1 aromatic carbocycles. The first-order chi connectivity index (χ1) is 9.28. The number of hydrogen-bond acceptors (Lipinski definition) is 6. The maximum absolute atomic E-state index is 5.58. The number of aromatic nitrogens is 2. The van der Waals surface area contributed by atoms with Gasteiger partial charge in [-0.1, -0.05) is 12.1 Å². The molecule has 2 rings (SSSR count). The van der Waals surface area contributed by atoms with Crippen molar-refractivity contribution in [3.63, 3.8) is 0 Å². The molecule has 0 unspecified atom stereocenters. The Balaban J connectivity index is 1.81.